The van der Waals surface area contributed by atoms with Crippen LogP contribution in [0.25, 0.3) is 0 Å². The highest BCUT2D eigenvalue weighted by Crippen LogP contribution is 2.19. The van der Waals surface area contributed by atoms with Crippen molar-refractivity contribution in [3.8, 4) is 5.75 Å². The number of benzene rings is 1. The highest BCUT2D eigenvalue weighted by atomic mass is 16.5. The molecule has 0 spiro atoms. The third kappa shape index (κ3) is 4.10. The Hall–Kier alpha value is -1.51. The zero-order chi connectivity index (χ0) is 12.8. The second kappa shape index (κ2) is 6.28. The molecule has 0 atom stereocenters. The molecule has 0 radical (unpaired) electrons. The van der Waals surface area contributed by atoms with Crippen LogP contribution in [0.1, 0.15) is 36.7 Å². The van der Waals surface area contributed by atoms with E-state index in [1.807, 2.05) is 26.0 Å². The molecule has 17 heavy (non-hydrogen) atoms. The average molecular weight is 235 g/mol. The monoisotopic (exact) mass is 235 g/mol. The van der Waals surface area contributed by atoms with E-state index in [0.29, 0.717) is 24.6 Å². The molecule has 3 heteroatoms. The minimum Gasteiger partial charge on any atom is -0.494 e. The van der Waals surface area contributed by atoms with Crippen molar-refractivity contribution in [1.29, 1.82) is 0 Å². The minimum atomic E-state index is -0.0233. The number of carbonyl (C=O) groups is 1. The van der Waals surface area contributed by atoms with E-state index < -0.39 is 0 Å². The first-order valence-corrected chi connectivity index (χ1v) is 6.06. The normalized spacial score (nSPS) is 10.4. The SMILES string of the molecule is CCOc1ccc(C(=O)NCC(C)C)cc1C. The smallest absolute Gasteiger partial charge is 0.251 e. The van der Waals surface area contributed by atoms with Gasteiger partial charge in [-0.3, -0.25) is 4.79 Å². The summed E-state index contributed by atoms with van der Waals surface area (Å²) in [6.45, 7) is 9.38. The predicted octanol–water partition coefficient (Wildman–Crippen LogP) is 2.78. The quantitative estimate of drug-likeness (QED) is 0.852. The summed E-state index contributed by atoms with van der Waals surface area (Å²) >= 11 is 0. The average Bonchev–Trinajstić information content (AvgIpc) is 2.28. The van der Waals surface area contributed by atoms with E-state index >= 15 is 0 Å². The molecule has 1 N–H and O–H groups in total. The second-order valence-corrected chi connectivity index (χ2v) is 4.52. The lowest BCUT2D eigenvalue weighted by Gasteiger charge is -2.10. The van der Waals surface area contributed by atoms with Crippen LogP contribution in [-0.2, 0) is 0 Å². The number of rotatable bonds is 5. The van der Waals surface area contributed by atoms with Gasteiger partial charge < -0.3 is 10.1 Å². The van der Waals surface area contributed by atoms with E-state index in [-0.39, 0.29) is 5.91 Å². The lowest BCUT2D eigenvalue weighted by Crippen LogP contribution is -2.27. The van der Waals surface area contributed by atoms with E-state index in [2.05, 4.69) is 19.2 Å². The van der Waals surface area contributed by atoms with Gasteiger partial charge in [-0.25, -0.2) is 0 Å². The number of hydrogen-bond donors (Lipinski definition) is 1. The number of amides is 1. The van der Waals surface area contributed by atoms with Gasteiger partial charge in [-0.05, 0) is 43.5 Å². The molecule has 0 bridgehead atoms. The molecule has 3 nitrogen and oxygen atoms in total. The maximum absolute atomic E-state index is 11.8. The van der Waals surface area contributed by atoms with Crippen molar-refractivity contribution in [3.05, 3.63) is 29.3 Å². The summed E-state index contributed by atoms with van der Waals surface area (Å²) in [6.07, 6.45) is 0. The first kappa shape index (κ1) is 13.6. The summed E-state index contributed by atoms with van der Waals surface area (Å²) in [6, 6.07) is 5.51. The van der Waals surface area contributed by atoms with Crippen molar-refractivity contribution in [3.63, 3.8) is 0 Å². The summed E-state index contributed by atoms with van der Waals surface area (Å²) < 4.78 is 5.44. The van der Waals surface area contributed by atoms with Crippen molar-refractivity contribution in [2.75, 3.05) is 13.2 Å². The Bertz CT molecular complexity index is 386. The minimum absolute atomic E-state index is 0.0233. The van der Waals surface area contributed by atoms with Gasteiger partial charge in [0.05, 0.1) is 6.61 Å². The Labute approximate surface area is 103 Å². The zero-order valence-corrected chi connectivity index (χ0v) is 11.0. The third-order valence-electron chi connectivity index (χ3n) is 2.41. The fourth-order valence-corrected chi connectivity index (χ4v) is 1.51. The summed E-state index contributed by atoms with van der Waals surface area (Å²) in [5.74, 6) is 1.28. The fourth-order valence-electron chi connectivity index (χ4n) is 1.51. The van der Waals surface area contributed by atoms with Crippen molar-refractivity contribution in [2.45, 2.75) is 27.7 Å². The molecular formula is C14H21NO2. The predicted molar refractivity (Wildman–Crippen MR) is 69.5 cm³/mol. The number of hydrogen-bond acceptors (Lipinski definition) is 2. The molecule has 1 rings (SSSR count). The van der Waals surface area contributed by atoms with Gasteiger partial charge in [0.2, 0.25) is 0 Å². The first-order chi connectivity index (χ1) is 8.04. The molecule has 0 fully saturated rings. The van der Waals surface area contributed by atoms with Gasteiger partial charge in [-0.2, -0.15) is 0 Å². The molecule has 1 aromatic carbocycles. The van der Waals surface area contributed by atoms with E-state index in [0.717, 1.165) is 11.3 Å². The molecule has 0 unspecified atom stereocenters. The van der Waals surface area contributed by atoms with Gasteiger partial charge in [-0.15, -0.1) is 0 Å². The highest BCUT2D eigenvalue weighted by Gasteiger charge is 2.08. The fraction of sp³-hybridized carbons (Fsp3) is 0.500. The lowest BCUT2D eigenvalue weighted by molar-refractivity contribution is 0.0949. The molecule has 94 valence electrons. The van der Waals surface area contributed by atoms with Gasteiger partial charge in [0.15, 0.2) is 0 Å². The number of ether oxygens (including phenoxy) is 1. The van der Waals surface area contributed by atoms with Crippen LogP contribution >= 0.6 is 0 Å². The number of aryl methyl sites for hydroxylation is 1. The van der Waals surface area contributed by atoms with E-state index in [9.17, 15) is 4.79 Å². The summed E-state index contributed by atoms with van der Waals surface area (Å²) in [4.78, 5) is 11.8. The van der Waals surface area contributed by atoms with Crippen LogP contribution in [0.3, 0.4) is 0 Å². The Kier molecular flexibility index (Phi) is 5.01. The topological polar surface area (TPSA) is 38.3 Å². The molecule has 0 aliphatic rings. The van der Waals surface area contributed by atoms with Crippen molar-refractivity contribution in [2.24, 2.45) is 5.92 Å². The second-order valence-electron chi connectivity index (χ2n) is 4.52. The first-order valence-electron chi connectivity index (χ1n) is 6.06. The van der Waals surface area contributed by atoms with Crippen LogP contribution in [-0.4, -0.2) is 19.1 Å². The summed E-state index contributed by atoms with van der Waals surface area (Å²) in [5, 5.41) is 2.90. The van der Waals surface area contributed by atoms with Gasteiger partial charge in [0.25, 0.3) is 5.91 Å². The molecule has 1 amide bonds. The van der Waals surface area contributed by atoms with Crippen LogP contribution < -0.4 is 10.1 Å². The maximum Gasteiger partial charge on any atom is 0.251 e. The van der Waals surface area contributed by atoms with Gasteiger partial charge >= 0.3 is 0 Å². The molecule has 0 aliphatic heterocycles. The van der Waals surface area contributed by atoms with Gasteiger partial charge in [-0.1, -0.05) is 13.8 Å². The molecule has 0 saturated heterocycles. The molecule has 0 aromatic heterocycles. The summed E-state index contributed by atoms with van der Waals surface area (Å²) in [5.41, 5.74) is 1.68. The van der Waals surface area contributed by atoms with Gasteiger partial charge in [0, 0.05) is 12.1 Å². The highest BCUT2D eigenvalue weighted by molar-refractivity contribution is 5.94. The van der Waals surface area contributed by atoms with Crippen molar-refractivity contribution >= 4 is 5.91 Å². The van der Waals surface area contributed by atoms with Crippen LogP contribution in [0.15, 0.2) is 18.2 Å². The standard InChI is InChI=1S/C14H21NO2/c1-5-17-13-7-6-12(8-11(13)4)14(16)15-9-10(2)3/h6-8,10H,5,9H2,1-4H3,(H,15,16). The zero-order valence-electron chi connectivity index (χ0n) is 11.0. The third-order valence-corrected chi connectivity index (χ3v) is 2.41. The molecule has 0 aliphatic carbocycles. The number of carbonyl (C=O) groups excluding carboxylic acids is 1. The number of nitrogens with one attached hydrogen (secondary N) is 1. The summed E-state index contributed by atoms with van der Waals surface area (Å²) in [7, 11) is 0. The van der Waals surface area contributed by atoms with Gasteiger partial charge in [0.1, 0.15) is 5.75 Å². The van der Waals surface area contributed by atoms with Crippen molar-refractivity contribution < 1.29 is 9.53 Å². The Balaban J connectivity index is 2.72. The Morgan fingerprint density at radius 3 is 2.65 bits per heavy atom. The van der Waals surface area contributed by atoms with Crippen molar-refractivity contribution in [1.82, 2.24) is 5.32 Å². The Morgan fingerprint density at radius 2 is 2.12 bits per heavy atom. The maximum atomic E-state index is 11.8. The molecular weight excluding hydrogens is 214 g/mol. The van der Waals surface area contributed by atoms with E-state index in [1.54, 1.807) is 6.07 Å². The molecule has 0 saturated carbocycles. The van der Waals surface area contributed by atoms with E-state index in [4.69, 9.17) is 4.74 Å². The van der Waals surface area contributed by atoms with Crippen LogP contribution in [0.5, 0.6) is 5.75 Å². The van der Waals surface area contributed by atoms with Crippen LogP contribution in [0.4, 0.5) is 0 Å². The molecule has 0 heterocycles. The van der Waals surface area contributed by atoms with Crippen LogP contribution in [0.2, 0.25) is 0 Å². The van der Waals surface area contributed by atoms with Crippen LogP contribution in [0, 0.1) is 12.8 Å². The lowest BCUT2D eigenvalue weighted by atomic mass is 10.1. The largest absolute Gasteiger partial charge is 0.494 e. The Morgan fingerprint density at radius 1 is 1.41 bits per heavy atom. The molecule has 1 aromatic rings. The van der Waals surface area contributed by atoms with E-state index in [1.165, 1.54) is 0 Å².